The van der Waals surface area contributed by atoms with Crippen LogP contribution in [0.1, 0.15) is 39.0 Å². The Morgan fingerprint density at radius 3 is 2.68 bits per heavy atom. The number of piperidine rings is 1. The Bertz CT molecular complexity index is 364. The van der Waals surface area contributed by atoms with Gasteiger partial charge in [0.05, 0.1) is 6.33 Å². The largest absolute Gasteiger partial charge is 0.336 e. The van der Waals surface area contributed by atoms with Gasteiger partial charge in [0.2, 0.25) is 0 Å². The molecule has 2 atom stereocenters. The molecular formula is C15H26N4. The Morgan fingerprint density at radius 2 is 2.05 bits per heavy atom. The van der Waals surface area contributed by atoms with Gasteiger partial charge in [0, 0.05) is 43.6 Å². The zero-order valence-electron chi connectivity index (χ0n) is 12.0. The van der Waals surface area contributed by atoms with Gasteiger partial charge in [0.1, 0.15) is 0 Å². The molecule has 0 spiro atoms. The van der Waals surface area contributed by atoms with E-state index in [0.29, 0.717) is 0 Å². The van der Waals surface area contributed by atoms with Crippen molar-refractivity contribution in [2.75, 3.05) is 13.1 Å². The van der Waals surface area contributed by atoms with Crippen molar-refractivity contribution in [1.29, 1.82) is 0 Å². The molecule has 2 bridgehead atoms. The monoisotopic (exact) mass is 262 g/mol. The molecule has 0 aromatic carbocycles. The zero-order chi connectivity index (χ0) is 13.1. The molecule has 106 valence electrons. The van der Waals surface area contributed by atoms with Crippen molar-refractivity contribution in [3.63, 3.8) is 0 Å². The van der Waals surface area contributed by atoms with Crippen LogP contribution in [0.15, 0.2) is 18.7 Å². The first-order chi connectivity index (χ1) is 9.35. The van der Waals surface area contributed by atoms with E-state index >= 15 is 0 Å². The number of rotatable bonds is 6. The minimum Gasteiger partial charge on any atom is -0.336 e. The van der Waals surface area contributed by atoms with E-state index in [1.165, 1.54) is 38.6 Å². The highest BCUT2D eigenvalue weighted by molar-refractivity contribution is 4.95. The number of imidazole rings is 1. The Morgan fingerprint density at radius 1 is 1.26 bits per heavy atom. The van der Waals surface area contributed by atoms with Crippen LogP contribution in [0.2, 0.25) is 0 Å². The molecule has 2 aliphatic heterocycles. The zero-order valence-corrected chi connectivity index (χ0v) is 12.0. The fraction of sp³-hybridized carbons (Fsp3) is 0.800. The maximum Gasteiger partial charge on any atom is 0.0946 e. The summed E-state index contributed by atoms with van der Waals surface area (Å²) in [6.07, 6.45) is 12.6. The van der Waals surface area contributed by atoms with Gasteiger partial charge in [-0.2, -0.15) is 0 Å². The number of aromatic nitrogens is 2. The van der Waals surface area contributed by atoms with Gasteiger partial charge in [-0.1, -0.05) is 6.92 Å². The predicted molar refractivity (Wildman–Crippen MR) is 77.1 cm³/mol. The lowest BCUT2D eigenvalue weighted by Gasteiger charge is -2.37. The molecule has 4 heteroatoms. The lowest BCUT2D eigenvalue weighted by molar-refractivity contribution is 0.136. The Hall–Kier alpha value is -0.870. The fourth-order valence-electron chi connectivity index (χ4n) is 3.75. The van der Waals surface area contributed by atoms with Gasteiger partial charge in [-0.15, -0.1) is 0 Å². The summed E-state index contributed by atoms with van der Waals surface area (Å²) in [6.45, 7) is 5.76. The summed E-state index contributed by atoms with van der Waals surface area (Å²) < 4.78 is 2.19. The molecule has 4 nitrogen and oxygen atoms in total. The number of hydrogen-bond acceptors (Lipinski definition) is 3. The van der Waals surface area contributed by atoms with Gasteiger partial charge in [0.15, 0.2) is 0 Å². The van der Waals surface area contributed by atoms with E-state index in [9.17, 15) is 0 Å². The van der Waals surface area contributed by atoms with E-state index in [2.05, 4.69) is 32.9 Å². The number of nitrogens with zero attached hydrogens (tertiary/aromatic N) is 3. The van der Waals surface area contributed by atoms with Crippen LogP contribution in [-0.2, 0) is 6.54 Å². The summed E-state index contributed by atoms with van der Waals surface area (Å²) >= 11 is 0. The summed E-state index contributed by atoms with van der Waals surface area (Å²) in [5.74, 6) is 0. The SMILES string of the molecule is CCCN(CCn1ccnc1)C1CC2CCC(C1)N2. The average Bonchev–Trinajstić information content (AvgIpc) is 3.04. The van der Waals surface area contributed by atoms with Crippen molar-refractivity contribution in [2.45, 2.75) is 63.7 Å². The van der Waals surface area contributed by atoms with Crippen molar-refractivity contribution >= 4 is 0 Å². The van der Waals surface area contributed by atoms with Gasteiger partial charge in [0.25, 0.3) is 0 Å². The Balaban J connectivity index is 1.57. The van der Waals surface area contributed by atoms with Crippen LogP contribution in [0.5, 0.6) is 0 Å². The second-order valence-corrected chi connectivity index (χ2v) is 6.10. The maximum atomic E-state index is 4.13. The second-order valence-electron chi connectivity index (χ2n) is 6.10. The van der Waals surface area contributed by atoms with Gasteiger partial charge in [-0.3, -0.25) is 4.90 Å². The van der Waals surface area contributed by atoms with Crippen LogP contribution < -0.4 is 5.32 Å². The first-order valence-electron chi connectivity index (χ1n) is 7.81. The van der Waals surface area contributed by atoms with Gasteiger partial charge in [-0.05, 0) is 38.6 Å². The highest BCUT2D eigenvalue weighted by Crippen LogP contribution is 2.29. The molecule has 1 aromatic rings. The second kappa shape index (κ2) is 6.06. The average molecular weight is 262 g/mol. The maximum absolute atomic E-state index is 4.13. The molecule has 0 radical (unpaired) electrons. The minimum absolute atomic E-state index is 0.788. The normalized spacial score (nSPS) is 30.1. The smallest absolute Gasteiger partial charge is 0.0946 e. The van der Waals surface area contributed by atoms with Gasteiger partial charge in [-0.25, -0.2) is 4.98 Å². The number of hydrogen-bond donors (Lipinski definition) is 1. The molecule has 1 aromatic heterocycles. The number of fused-ring (bicyclic) bond motifs is 2. The summed E-state index contributed by atoms with van der Waals surface area (Å²) in [5.41, 5.74) is 0. The van der Waals surface area contributed by atoms with E-state index in [1.807, 2.05) is 12.5 Å². The molecule has 0 aliphatic carbocycles. The topological polar surface area (TPSA) is 33.1 Å². The van der Waals surface area contributed by atoms with Gasteiger partial charge >= 0.3 is 0 Å². The first kappa shape index (κ1) is 13.1. The molecule has 2 unspecified atom stereocenters. The third-order valence-electron chi connectivity index (χ3n) is 4.68. The summed E-state index contributed by atoms with van der Waals surface area (Å²) in [7, 11) is 0. The molecule has 3 rings (SSSR count). The Kier molecular flexibility index (Phi) is 4.18. The van der Waals surface area contributed by atoms with Crippen LogP contribution >= 0.6 is 0 Å². The van der Waals surface area contributed by atoms with Crippen molar-refractivity contribution in [3.8, 4) is 0 Å². The molecular weight excluding hydrogens is 236 g/mol. The molecule has 2 fully saturated rings. The quantitative estimate of drug-likeness (QED) is 0.850. The lowest BCUT2D eigenvalue weighted by atomic mass is 9.98. The van der Waals surface area contributed by atoms with E-state index in [4.69, 9.17) is 0 Å². The van der Waals surface area contributed by atoms with Crippen molar-refractivity contribution in [3.05, 3.63) is 18.7 Å². The van der Waals surface area contributed by atoms with E-state index in [0.717, 1.165) is 31.2 Å². The fourth-order valence-corrected chi connectivity index (χ4v) is 3.75. The molecule has 3 heterocycles. The van der Waals surface area contributed by atoms with Crippen molar-refractivity contribution < 1.29 is 0 Å². The van der Waals surface area contributed by atoms with Crippen LogP contribution in [-0.4, -0.2) is 45.7 Å². The summed E-state index contributed by atoms with van der Waals surface area (Å²) in [4.78, 5) is 6.84. The molecule has 0 saturated carbocycles. The van der Waals surface area contributed by atoms with Crippen molar-refractivity contribution in [1.82, 2.24) is 19.8 Å². The molecule has 2 saturated heterocycles. The molecule has 19 heavy (non-hydrogen) atoms. The Labute approximate surface area is 116 Å². The third kappa shape index (κ3) is 3.18. The summed E-state index contributed by atoms with van der Waals surface area (Å²) in [5, 5.41) is 3.75. The van der Waals surface area contributed by atoms with Crippen LogP contribution in [0, 0.1) is 0 Å². The van der Waals surface area contributed by atoms with E-state index in [-0.39, 0.29) is 0 Å². The van der Waals surface area contributed by atoms with E-state index in [1.54, 1.807) is 0 Å². The molecule has 1 N–H and O–H groups in total. The first-order valence-corrected chi connectivity index (χ1v) is 7.81. The minimum atomic E-state index is 0.788. The standard InChI is InChI=1S/C15H26N4/c1-2-6-19(9-8-18-7-5-16-12-18)15-10-13-3-4-14(11-15)17-13/h5,7,12-15,17H,2-4,6,8-11H2,1H3. The number of nitrogens with one attached hydrogen (secondary N) is 1. The van der Waals surface area contributed by atoms with Crippen LogP contribution in [0.3, 0.4) is 0 Å². The molecule has 2 aliphatic rings. The lowest BCUT2D eigenvalue weighted by Crippen LogP contribution is -2.49. The third-order valence-corrected chi connectivity index (χ3v) is 4.68. The highest BCUT2D eigenvalue weighted by Gasteiger charge is 2.35. The highest BCUT2D eigenvalue weighted by atomic mass is 15.2. The van der Waals surface area contributed by atoms with E-state index < -0.39 is 0 Å². The van der Waals surface area contributed by atoms with Gasteiger partial charge < -0.3 is 9.88 Å². The predicted octanol–water partition coefficient (Wildman–Crippen LogP) is 1.88. The summed E-state index contributed by atoms with van der Waals surface area (Å²) in [6, 6.07) is 2.37. The van der Waals surface area contributed by atoms with Crippen LogP contribution in [0.25, 0.3) is 0 Å². The molecule has 0 amide bonds. The van der Waals surface area contributed by atoms with Crippen LogP contribution in [0.4, 0.5) is 0 Å². The van der Waals surface area contributed by atoms with Crippen molar-refractivity contribution in [2.24, 2.45) is 0 Å².